The van der Waals surface area contributed by atoms with Crippen molar-refractivity contribution in [3.8, 4) is 6.01 Å². The summed E-state index contributed by atoms with van der Waals surface area (Å²) >= 11 is 0. The Bertz CT molecular complexity index is 268. The van der Waals surface area contributed by atoms with E-state index in [1.54, 1.807) is 7.11 Å². The third kappa shape index (κ3) is 1.99. The molecule has 4 heteroatoms. The number of ether oxygens (including phenoxy) is 1. The van der Waals surface area contributed by atoms with Crippen LogP contribution >= 0.6 is 0 Å². The third-order valence-corrected chi connectivity index (χ3v) is 2.71. The van der Waals surface area contributed by atoms with E-state index in [4.69, 9.17) is 4.74 Å². The van der Waals surface area contributed by atoms with Crippen LogP contribution < -0.4 is 4.74 Å². The Morgan fingerprint density at radius 1 is 1.54 bits per heavy atom. The van der Waals surface area contributed by atoms with Gasteiger partial charge in [0.05, 0.1) is 7.11 Å². The summed E-state index contributed by atoms with van der Waals surface area (Å²) in [6.45, 7) is 0. The van der Waals surface area contributed by atoms with Crippen LogP contribution in [0.1, 0.15) is 31.5 Å². The van der Waals surface area contributed by atoms with Crippen molar-refractivity contribution in [3.05, 3.63) is 5.82 Å². The van der Waals surface area contributed by atoms with E-state index in [1.165, 1.54) is 25.7 Å². The van der Waals surface area contributed by atoms with Crippen molar-refractivity contribution >= 4 is 0 Å². The highest BCUT2D eigenvalue weighted by molar-refractivity contribution is 4.95. The number of nitrogens with zero attached hydrogens (tertiary/aromatic N) is 2. The third-order valence-electron chi connectivity index (χ3n) is 2.71. The minimum absolute atomic E-state index is 0.448. The summed E-state index contributed by atoms with van der Waals surface area (Å²) < 4.78 is 4.89. The SMILES string of the molecule is COc1n[nH]c(CCC2CCC2)n1. The fourth-order valence-electron chi connectivity index (χ4n) is 1.60. The van der Waals surface area contributed by atoms with Gasteiger partial charge in [0.2, 0.25) is 0 Å². The van der Waals surface area contributed by atoms with E-state index in [9.17, 15) is 0 Å². The fraction of sp³-hybridized carbons (Fsp3) is 0.778. The second-order valence-electron chi connectivity index (χ2n) is 3.60. The minimum atomic E-state index is 0.448. The summed E-state index contributed by atoms with van der Waals surface area (Å²) in [6.07, 6.45) is 6.43. The highest BCUT2D eigenvalue weighted by Crippen LogP contribution is 2.30. The predicted molar refractivity (Wildman–Crippen MR) is 48.6 cm³/mol. The molecule has 0 bridgehead atoms. The number of nitrogens with one attached hydrogen (secondary N) is 1. The number of aromatic nitrogens is 3. The van der Waals surface area contributed by atoms with Crippen LogP contribution in [0, 0.1) is 5.92 Å². The van der Waals surface area contributed by atoms with Gasteiger partial charge in [0.1, 0.15) is 5.82 Å². The van der Waals surface area contributed by atoms with Crippen molar-refractivity contribution in [3.63, 3.8) is 0 Å². The number of rotatable bonds is 4. The molecule has 72 valence electrons. The highest BCUT2D eigenvalue weighted by atomic mass is 16.5. The molecule has 0 aliphatic heterocycles. The van der Waals surface area contributed by atoms with Gasteiger partial charge >= 0.3 is 6.01 Å². The first-order valence-electron chi connectivity index (χ1n) is 4.84. The average Bonchev–Trinajstić information content (AvgIpc) is 2.49. The fourth-order valence-corrected chi connectivity index (χ4v) is 1.60. The van der Waals surface area contributed by atoms with E-state index in [-0.39, 0.29) is 0 Å². The van der Waals surface area contributed by atoms with E-state index >= 15 is 0 Å². The van der Waals surface area contributed by atoms with Crippen LogP contribution in [-0.4, -0.2) is 22.3 Å². The van der Waals surface area contributed by atoms with Crippen molar-refractivity contribution in [1.82, 2.24) is 15.2 Å². The predicted octanol–water partition coefficient (Wildman–Crippen LogP) is 1.55. The summed E-state index contributed by atoms with van der Waals surface area (Å²) in [5, 5.41) is 6.77. The summed E-state index contributed by atoms with van der Waals surface area (Å²) in [4.78, 5) is 4.17. The first kappa shape index (κ1) is 8.53. The van der Waals surface area contributed by atoms with Gasteiger partial charge in [-0.25, -0.2) is 0 Å². The monoisotopic (exact) mass is 181 g/mol. The molecule has 1 saturated carbocycles. The molecule has 0 spiro atoms. The lowest BCUT2D eigenvalue weighted by atomic mass is 9.82. The molecule has 0 radical (unpaired) electrons. The molecule has 1 aromatic rings. The summed E-state index contributed by atoms with van der Waals surface area (Å²) in [5.74, 6) is 1.87. The Balaban J connectivity index is 1.79. The van der Waals surface area contributed by atoms with Crippen LogP contribution in [0.15, 0.2) is 0 Å². The van der Waals surface area contributed by atoms with Gasteiger partial charge in [-0.05, 0) is 12.3 Å². The maximum Gasteiger partial charge on any atom is 0.335 e. The minimum Gasteiger partial charge on any atom is -0.466 e. The van der Waals surface area contributed by atoms with Crippen molar-refractivity contribution in [1.29, 1.82) is 0 Å². The summed E-state index contributed by atoms with van der Waals surface area (Å²) in [5.41, 5.74) is 0. The lowest BCUT2D eigenvalue weighted by Crippen LogP contribution is -2.11. The zero-order valence-electron chi connectivity index (χ0n) is 7.92. The number of H-pyrrole nitrogens is 1. The molecule has 1 heterocycles. The molecule has 0 amide bonds. The normalized spacial score (nSPS) is 17.0. The quantitative estimate of drug-likeness (QED) is 0.766. The Labute approximate surface area is 77.7 Å². The second-order valence-corrected chi connectivity index (χ2v) is 3.60. The van der Waals surface area contributed by atoms with E-state index < -0.39 is 0 Å². The van der Waals surface area contributed by atoms with Gasteiger partial charge in [-0.1, -0.05) is 19.3 Å². The van der Waals surface area contributed by atoms with Crippen LogP contribution in [0.4, 0.5) is 0 Å². The summed E-state index contributed by atoms with van der Waals surface area (Å²) in [7, 11) is 1.58. The van der Waals surface area contributed by atoms with Crippen LogP contribution in [0.5, 0.6) is 6.01 Å². The first-order valence-corrected chi connectivity index (χ1v) is 4.84. The second kappa shape index (κ2) is 3.77. The molecular weight excluding hydrogens is 166 g/mol. The molecule has 1 aliphatic rings. The molecular formula is C9H15N3O. The Morgan fingerprint density at radius 3 is 2.92 bits per heavy atom. The first-order chi connectivity index (χ1) is 6.38. The maximum absolute atomic E-state index is 4.89. The van der Waals surface area contributed by atoms with Gasteiger partial charge < -0.3 is 4.74 Å². The number of aromatic amines is 1. The molecule has 1 N–H and O–H groups in total. The number of aryl methyl sites for hydroxylation is 1. The molecule has 0 atom stereocenters. The van der Waals surface area contributed by atoms with Crippen molar-refractivity contribution in [2.24, 2.45) is 5.92 Å². The van der Waals surface area contributed by atoms with Gasteiger partial charge in [-0.15, -0.1) is 5.10 Å². The number of hydrogen-bond acceptors (Lipinski definition) is 3. The van der Waals surface area contributed by atoms with Gasteiger partial charge in [-0.2, -0.15) is 4.98 Å². The molecule has 0 unspecified atom stereocenters. The maximum atomic E-state index is 4.89. The van der Waals surface area contributed by atoms with Crippen LogP contribution in [0.25, 0.3) is 0 Å². The van der Waals surface area contributed by atoms with Gasteiger partial charge in [-0.3, -0.25) is 5.10 Å². The largest absolute Gasteiger partial charge is 0.466 e. The molecule has 13 heavy (non-hydrogen) atoms. The summed E-state index contributed by atoms with van der Waals surface area (Å²) in [6, 6.07) is 0.448. The zero-order chi connectivity index (χ0) is 9.10. The lowest BCUT2D eigenvalue weighted by molar-refractivity contribution is 0.294. The standard InChI is InChI=1S/C9H15N3O/c1-13-9-10-8(11-12-9)6-5-7-3-2-4-7/h7H,2-6H2,1H3,(H,10,11,12). The van der Waals surface area contributed by atoms with Crippen LogP contribution in [-0.2, 0) is 6.42 Å². The molecule has 0 saturated heterocycles. The lowest BCUT2D eigenvalue weighted by Gasteiger charge is -2.24. The van der Waals surface area contributed by atoms with Crippen molar-refractivity contribution in [2.45, 2.75) is 32.1 Å². The van der Waals surface area contributed by atoms with Crippen molar-refractivity contribution in [2.75, 3.05) is 7.11 Å². The smallest absolute Gasteiger partial charge is 0.335 e. The van der Waals surface area contributed by atoms with E-state index in [1.807, 2.05) is 0 Å². The Morgan fingerprint density at radius 2 is 2.38 bits per heavy atom. The number of hydrogen-bond donors (Lipinski definition) is 1. The molecule has 2 rings (SSSR count). The molecule has 0 aromatic carbocycles. The Kier molecular flexibility index (Phi) is 2.47. The topological polar surface area (TPSA) is 50.8 Å². The molecule has 1 aliphatic carbocycles. The van der Waals surface area contributed by atoms with Gasteiger partial charge in [0.25, 0.3) is 0 Å². The van der Waals surface area contributed by atoms with E-state index in [0.29, 0.717) is 6.01 Å². The van der Waals surface area contributed by atoms with E-state index in [2.05, 4.69) is 15.2 Å². The van der Waals surface area contributed by atoms with Gasteiger partial charge in [0, 0.05) is 6.42 Å². The van der Waals surface area contributed by atoms with Gasteiger partial charge in [0.15, 0.2) is 0 Å². The van der Waals surface area contributed by atoms with Crippen molar-refractivity contribution < 1.29 is 4.74 Å². The van der Waals surface area contributed by atoms with Crippen LogP contribution in [0.3, 0.4) is 0 Å². The highest BCUT2D eigenvalue weighted by Gasteiger charge is 2.17. The molecule has 1 aromatic heterocycles. The Hall–Kier alpha value is -1.06. The zero-order valence-corrected chi connectivity index (χ0v) is 7.92. The van der Waals surface area contributed by atoms with Crippen LogP contribution in [0.2, 0.25) is 0 Å². The molecule has 1 fully saturated rings. The average molecular weight is 181 g/mol. The molecule has 4 nitrogen and oxygen atoms in total. The van der Waals surface area contributed by atoms with E-state index in [0.717, 1.165) is 18.2 Å². The number of methoxy groups -OCH3 is 1.